The van der Waals surface area contributed by atoms with Crippen molar-refractivity contribution in [2.75, 3.05) is 0 Å². The van der Waals surface area contributed by atoms with Gasteiger partial charge in [0.1, 0.15) is 0 Å². The minimum atomic E-state index is -0.285. The van der Waals surface area contributed by atoms with Gasteiger partial charge in [0.05, 0.1) is 5.25 Å². The normalized spacial score (nSPS) is 12.4. The van der Waals surface area contributed by atoms with Crippen molar-refractivity contribution in [3.63, 3.8) is 0 Å². The van der Waals surface area contributed by atoms with Crippen molar-refractivity contribution in [1.29, 1.82) is 0 Å². The average molecular weight is 411 g/mol. The number of ketones is 1. The zero-order valence-electron chi connectivity index (χ0n) is 15.5. The third-order valence-corrected chi connectivity index (χ3v) is 5.97. The molecule has 0 amide bonds. The Balaban J connectivity index is 1.60. The van der Waals surface area contributed by atoms with E-state index in [-0.39, 0.29) is 11.0 Å². The number of nitrogens with one attached hydrogen (secondary N) is 1. The SMILES string of the molecule is CCn1c(S[C@H](C)C(=O)c2c[nH]c3ccccc23)nnc1-c1ccc(Cl)cc1. The van der Waals surface area contributed by atoms with Gasteiger partial charge in [-0.3, -0.25) is 4.79 Å². The van der Waals surface area contributed by atoms with Crippen LogP contribution in [0.5, 0.6) is 0 Å². The Labute approximate surface area is 172 Å². The van der Waals surface area contributed by atoms with Crippen LogP contribution >= 0.6 is 23.4 Å². The molecule has 2 aromatic heterocycles. The number of Topliss-reactive ketones (excluding diaryl/α,β-unsaturated/α-hetero) is 1. The first-order chi connectivity index (χ1) is 13.6. The van der Waals surface area contributed by atoms with Crippen LogP contribution in [0.3, 0.4) is 0 Å². The molecule has 0 aliphatic heterocycles. The molecule has 5 nitrogen and oxygen atoms in total. The molecule has 4 rings (SSSR count). The van der Waals surface area contributed by atoms with E-state index in [1.807, 2.05) is 66.9 Å². The molecule has 2 heterocycles. The lowest BCUT2D eigenvalue weighted by Crippen LogP contribution is -2.14. The number of nitrogens with zero attached hydrogens (tertiary/aromatic N) is 3. The molecule has 4 aromatic rings. The minimum absolute atomic E-state index is 0.0705. The largest absolute Gasteiger partial charge is 0.360 e. The summed E-state index contributed by atoms with van der Waals surface area (Å²) in [5.41, 5.74) is 2.61. The van der Waals surface area contributed by atoms with E-state index in [1.54, 1.807) is 6.20 Å². The maximum atomic E-state index is 13.0. The fourth-order valence-corrected chi connectivity index (χ4v) is 4.29. The molecule has 0 bridgehead atoms. The van der Waals surface area contributed by atoms with Crippen LogP contribution in [0.25, 0.3) is 22.3 Å². The molecular formula is C21H19ClN4OS. The van der Waals surface area contributed by atoms with E-state index in [1.165, 1.54) is 11.8 Å². The molecule has 28 heavy (non-hydrogen) atoms. The molecule has 2 aromatic carbocycles. The van der Waals surface area contributed by atoms with Crippen LogP contribution in [0, 0.1) is 0 Å². The second-order valence-corrected chi connectivity index (χ2v) is 8.17. The summed E-state index contributed by atoms with van der Waals surface area (Å²) in [6.07, 6.45) is 1.79. The summed E-state index contributed by atoms with van der Waals surface area (Å²) >= 11 is 7.41. The Bertz CT molecular complexity index is 1130. The lowest BCUT2D eigenvalue weighted by molar-refractivity contribution is 0.0995. The zero-order valence-corrected chi connectivity index (χ0v) is 17.1. The van der Waals surface area contributed by atoms with Crippen LogP contribution in [0.2, 0.25) is 5.02 Å². The molecule has 0 aliphatic carbocycles. The number of H-pyrrole nitrogens is 1. The number of para-hydroxylation sites is 1. The number of thioether (sulfide) groups is 1. The van der Waals surface area contributed by atoms with Gasteiger partial charge in [-0.1, -0.05) is 41.6 Å². The lowest BCUT2D eigenvalue weighted by Gasteiger charge is -2.11. The van der Waals surface area contributed by atoms with Gasteiger partial charge in [-0.2, -0.15) is 0 Å². The molecule has 142 valence electrons. The number of aromatic amines is 1. The number of benzene rings is 2. The van der Waals surface area contributed by atoms with Crippen LogP contribution in [-0.4, -0.2) is 30.8 Å². The molecule has 7 heteroatoms. The smallest absolute Gasteiger partial charge is 0.192 e. The molecule has 0 saturated heterocycles. The van der Waals surface area contributed by atoms with Gasteiger partial charge in [-0.05, 0) is 44.2 Å². The second-order valence-electron chi connectivity index (χ2n) is 6.43. The van der Waals surface area contributed by atoms with Gasteiger partial charge >= 0.3 is 0 Å². The number of hydrogen-bond acceptors (Lipinski definition) is 4. The summed E-state index contributed by atoms with van der Waals surface area (Å²) in [6, 6.07) is 15.3. The lowest BCUT2D eigenvalue weighted by atomic mass is 10.1. The standard InChI is InChI=1S/C21H19ClN4OS/c1-3-26-20(14-8-10-15(22)11-9-14)24-25-21(26)28-13(2)19(27)17-12-23-18-7-5-4-6-16(17)18/h4-13,23H,3H2,1-2H3/t13-/m1/s1. The van der Waals surface area contributed by atoms with Crippen molar-refractivity contribution in [1.82, 2.24) is 19.7 Å². The second kappa shape index (κ2) is 7.81. The number of rotatable bonds is 6. The third-order valence-electron chi connectivity index (χ3n) is 4.64. The van der Waals surface area contributed by atoms with E-state index >= 15 is 0 Å². The van der Waals surface area contributed by atoms with Crippen LogP contribution in [0.1, 0.15) is 24.2 Å². The van der Waals surface area contributed by atoms with E-state index in [4.69, 9.17) is 11.6 Å². The number of carbonyl (C=O) groups is 1. The predicted octanol–water partition coefficient (Wildman–Crippen LogP) is 5.46. The Morgan fingerprint density at radius 2 is 1.93 bits per heavy atom. The van der Waals surface area contributed by atoms with Crippen molar-refractivity contribution < 1.29 is 4.79 Å². The van der Waals surface area contributed by atoms with Crippen LogP contribution < -0.4 is 0 Å². The van der Waals surface area contributed by atoms with Gasteiger partial charge in [0.15, 0.2) is 16.8 Å². The Morgan fingerprint density at radius 1 is 1.18 bits per heavy atom. The number of hydrogen-bond donors (Lipinski definition) is 1. The average Bonchev–Trinajstić information content (AvgIpc) is 3.32. The Hall–Kier alpha value is -2.57. The first-order valence-corrected chi connectivity index (χ1v) is 10.3. The van der Waals surface area contributed by atoms with Crippen molar-refractivity contribution in [2.45, 2.75) is 30.8 Å². The fraction of sp³-hybridized carbons (Fsp3) is 0.190. The third kappa shape index (κ3) is 3.45. The highest BCUT2D eigenvalue weighted by atomic mass is 35.5. The van der Waals surface area contributed by atoms with Crippen molar-refractivity contribution in [3.05, 3.63) is 65.3 Å². The number of fused-ring (bicyclic) bond motifs is 1. The van der Waals surface area contributed by atoms with Gasteiger partial charge in [0.25, 0.3) is 0 Å². The maximum Gasteiger partial charge on any atom is 0.192 e. The first-order valence-electron chi connectivity index (χ1n) is 9.04. The van der Waals surface area contributed by atoms with Crippen LogP contribution in [0.4, 0.5) is 0 Å². The van der Waals surface area contributed by atoms with E-state index in [0.29, 0.717) is 17.1 Å². The van der Waals surface area contributed by atoms with Gasteiger partial charge < -0.3 is 9.55 Å². The predicted molar refractivity (Wildman–Crippen MR) is 114 cm³/mol. The topological polar surface area (TPSA) is 63.6 Å². The minimum Gasteiger partial charge on any atom is -0.360 e. The first kappa shape index (κ1) is 18.8. The highest BCUT2D eigenvalue weighted by Crippen LogP contribution is 2.30. The summed E-state index contributed by atoms with van der Waals surface area (Å²) in [6.45, 7) is 4.66. The Kier molecular flexibility index (Phi) is 5.24. The van der Waals surface area contributed by atoms with Crippen molar-refractivity contribution in [2.24, 2.45) is 0 Å². The molecule has 0 aliphatic rings. The van der Waals surface area contributed by atoms with Gasteiger partial charge in [-0.25, -0.2) is 0 Å². The van der Waals surface area contributed by atoms with Crippen LogP contribution in [0.15, 0.2) is 59.9 Å². The summed E-state index contributed by atoms with van der Waals surface area (Å²) in [7, 11) is 0. The number of carbonyl (C=O) groups excluding carboxylic acids is 1. The van der Waals surface area contributed by atoms with E-state index in [2.05, 4.69) is 15.2 Å². The number of aromatic nitrogens is 4. The number of halogens is 1. The zero-order chi connectivity index (χ0) is 19.7. The van der Waals surface area contributed by atoms with Gasteiger partial charge in [-0.15, -0.1) is 10.2 Å². The molecule has 1 atom stereocenters. The van der Waals surface area contributed by atoms with Gasteiger partial charge in [0.2, 0.25) is 0 Å². The molecule has 0 saturated carbocycles. The molecule has 0 unspecified atom stereocenters. The molecule has 0 radical (unpaired) electrons. The summed E-state index contributed by atoms with van der Waals surface area (Å²) in [5, 5.41) is 10.7. The Morgan fingerprint density at radius 3 is 2.68 bits per heavy atom. The van der Waals surface area contributed by atoms with E-state index in [0.717, 1.165) is 27.4 Å². The van der Waals surface area contributed by atoms with E-state index in [9.17, 15) is 4.79 Å². The molecule has 0 fully saturated rings. The molecular weight excluding hydrogens is 392 g/mol. The molecule has 0 spiro atoms. The highest BCUT2D eigenvalue weighted by Gasteiger charge is 2.23. The maximum absolute atomic E-state index is 13.0. The van der Waals surface area contributed by atoms with Gasteiger partial charge in [0, 0.05) is 39.8 Å². The summed E-state index contributed by atoms with van der Waals surface area (Å²) < 4.78 is 2.02. The van der Waals surface area contributed by atoms with Crippen molar-refractivity contribution in [3.8, 4) is 11.4 Å². The summed E-state index contributed by atoms with van der Waals surface area (Å²) in [4.78, 5) is 16.2. The monoisotopic (exact) mass is 410 g/mol. The molecule has 1 N–H and O–H groups in total. The summed E-state index contributed by atoms with van der Waals surface area (Å²) in [5.74, 6) is 0.842. The highest BCUT2D eigenvalue weighted by molar-refractivity contribution is 8.00. The van der Waals surface area contributed by atoms with Crippen molar-refractivity contribution >= 4 is 40.0 Å². The van der Waals surface area contributed by atoms with Crippen LogP contribution in [-0.2, 0) is 6.54 Å². The quantitative estimate of drug-likeness (QED) is 0.338. The fourth-order valence-electron chi connectivity index (χ4n) is 3.18. The van der Waals surface area contributed by atoms with E-state index < -0.39 is 0 Å².